The number of nitrogens with zero attached hydrogens (tertiary/aromatic N) is 1. The van der Waals surface area contributed by atoms with E-state index in [0.717, 1.165) is 0 Å². The number of rotatable bonds is 3. The Morgan fingerprint density at radius 1 is 1.56 bits per heavy atom. The van der Waals surface area contributed by atoms with Crippen molar-refractivity contribution in [2.24, 2.45) is 5.73 Å². The largest absolute Gasteiger partial charge is 0.391 e. The molecule has 0 aromatic heterocycles. The minimum atomic E-state index is -0.772. The second-order valence-electron chi connectivity index (χ2n) is 3.23. The SMILES string of the molecule is C[C@H](O)[C@H](N)c1ccc(Cl)c([N+](=O)[O-])c1.Cl. The zero-order chi connectivity index (χ0) is 11.6. The van der Waals surface area contributed by atoms with Crippen molar-refractivity contribution in [2.75, 3.05) is 0 Å². The summed E-state index contributed by atoms with van der Waals surface area (Å²) in [7, 11) is 0. The average Bonchev–Trinajstić information content (AvgIpc) is 2.16. The summed E-state index contributed by atoms with van der Waals surface area (Å²) in [6.07, 6.45) is -0.772. The molecule has 1 aromatic rings. The van der Waals surface area contributed by atoms with Gasteiger partial charge in [0.15, 0.2) is 0 Å². The van der Waals surface area contributed by atoms with Gasteiger partial charge in [-0.15, -0.1) is 12.4 Å². The Balaban J connectivity index is 0.00000225. The molecule has 0 aliphatic rings. The first-order valence-corrected chi connectivity index (χ1v) is 4.68. The molecular formula is C9H12Cl2N2O3. The van der Waals surface area contributed by atoms with Gasteiger partial charge in [0.05, 0.1) is 17.1 Å². The van der Waals surface area contributed by atoms with Crippen LogP contribution in [0.3, 0.4) is 0 Å². The Morgan fingerprint density at radius 3 is 2.56 bits per heavy atom. The Labute approximate surface area is 104 Å². The molecule has 5 nitrogen and oxygen atoms in total. The van der Waals surface area contributed by atoms with Crippen molar-refractivity contribution in [3.8, 4) is 0 Å². The highest BCUT2D eigenvalue weighted by molar-refractivity contribution is 6.32. The minimum absolute atomic E-state index is 0. The van der Waals surface area contributed by atoms with Gasteiger partial charge in [0.1, 0.15) is 5.02 Å². The number of hydrogen-bond acceptors (Lipinski definition) is 4. The van der Waals surface area contributed by atoms with Gasteiger partial charge in [-0.1, -0.05) is 17.7 Å². The lowest BCUT2D eigenvalue weighted by atomic mass is 10.0. The highest BCUT2D eigenvalue weighted by Crippen LogP contribution is 2.27. The van der Waals surface area contributed by atoms with Gasteiger partial charge in [0.2, 0.25) is 0 Å². The lowest BCUT2D eigenvalue weighted by Gasteiger charge is -2.14. The van der Waals surface area contributed by atoms with Crippen molar-refractivity contribution in [3.05, 3.63) is 38.9 Å². The molecule has 7 heteroatoms. The number of aliphatic hydroxyl groups excluding tert-OH is 1. The van der Waals surface area contributed by atoms with Crippen LogP contribution in [0.5, 0.6) is 0 Å². The first-order chi connectivity index (χ1) is 6.93. The summed E-state index contributed by atoms with van der Waals surface area (Å²) in [6.45, 7) is 1.52. The van der Waals surface area contributed by atoms with Crippen LogP contribution in [0, 0.1) is 10.1 Å². The van der Waals surface area contributed by atoms with Crippen LogP contribution in [0.25, 0.3) is 0 Å². The lowest BCUT2D eigenvalue weighted by molar-refractivity contribution is -0.384. The van der Waals surface area contributed by atoms with Crippen LogP contribution in [0.15, 0.2) is 18.2 Å². The van der Waals surface area contributed by atoms with Gasteiger partial charge in [0, 0.05) is 6.07 Å². The molecule has 2 atom stereocenters. The van der Waals surface area contributed by atoms with E-state index in [1.165, 1.54) is 19.1 Å². The smallest absolute Gasteiger partial charge is 0.288 e. The van der Waals surface area contributed by atoms with Crippen molar-refractivity contribution in [1.29, 1.82) is 0 Å². The van der Waals surface area contributed by atoms with Crippen molar-refractivity contribution < 1.29 is 10.0 Å². The van der Waals surface area contributed by atoms with Gasteiger partial charge in [-0.05, 0) is 18.6 Å². The maximum Gasteiger partial charge on any atom is 0.288 e. The number of benzene rings is 1. The second kappa shape index (κ2) is 6.00. The first-order valence-electron chi connectivity index (χ1n) is 4.31. The van der Waals surface area contributed by atoms with Crippen molar-refractivity contribution in [2.45, 2.75) is 19.1 Å². The lowest BCUT2D eigenvalue weighted by Crippen LogP contribution is -2.23. The van der Waals surface area contributed by atoms with Gasteiger partial charge in [-0.25, -0.2) is 0 Å². The second-order valence-corrected chi connectivity index (χ2v) is 3.64. The molecule has 90 valence electrons. The van der Waals surface area contributed by atoms with E-state index in [1.807, 2.05) is 0 Å². The number of nitrogens with two attached hydrogens (primary N) is 1. The molecule has 0 fully saturated rings. The molecule has 0 spiro atoms. The third kappa shape index (κ3) is 3.31. The zero-order valence-corrected chi connectivity index (χ0v) is 10.0. The van der Waals surface area contributed by atoms with E-state index in [1.54, 1.807) is 6.07 Å². The van der Waals surface area contributed by atoms with Crippen molar-refractivity contribution in [1.82, 2.24) is 0 Å². The number of nitro benzene ring substituents is 1. The van der Waals surface area contributed by atoms with Crippen LogP contribution in [-0.4, -0.2) is 16.1 Å². The molecule has 0 aliphatic carbocycles. The van der Waals surface area contributed by atoms with E-state index in [9.17, 15) is 15.2 Å². The van der Waals surface area contributed by atoms with Gasteiger partial charge >= 0.3 is 0 Å². The summed E-state index contributed by atoms with van der Waals surface area (Å²) in [5.74, 6) is 0. The summed E-state index contributed by atoms with van der Waals surface area (Å²) in [5.41, 5.74) is 5.92. The Kier molecular flexibility index (Phi) is 5.67. The molecule has 0 aliphatic heterocycles. The van der Waals surface area contributed by atoms with Crippen LogP contribution >= 0.6 is 24.0 Å². The molecule has 0 bridgehead atoms. The molecule has 0 unspecified atom stereocenters. The predicted octanol–water partition coefficient (Wildman–Crippen LogP) is 2.05. The van der Waals surface area contributed by atoms with Crippen LogP contribution in [0.2, 0.25) is 5.02 Å². The summed E-state index contributed by atoms with van der Waals surface area (Å²) >= 11 is 5.63. The number of hydrogen-bond donors (Lipinski definition) is 2. The maximum atomic E-state index is 10.6. The minimum Gasteiger partial charge on any atom is -0.391 e. The van der Waals surface area contributed by atoms with E-state index in [0.29, 0.717) is 5.56 Å². The summed E-state index contributed by atoms with van der Waals surface area (Å²) in [6, 6.07) is 3.59. The maximum absolute atomic E-state index is 10.6. The predicted molar refractivity (Wildman–Crippen MR) is 64.0 cm³/mol. The van der Waals surface area contributed by atoms with Gasteiger partial charge in [0.25, 0.3) is 5.69 Å². The molecule has 16 heavy (non-hydrogen) atoms. The molecule has 0 saturated carbocycles. The van der Waals surface area contributed by atoms with Gasteiger partial charge in [-0.2, -0.15) is 0 Å². The molecular weight excluding hydrogens is 255 g/mol. The quantitative estimate of drug-likeness (QED) is 0.647. The van der Waals surface area contributed by atoms with E-state index in [4.69, 9.17) is 17.3 Å². The molecule has 0 saturated heterocycles. The van der Waals surface area contributed by atoms with Crippen LogP contribution in [-0.2, 0) is 0 Å². The fourth-order valence-electron chi connectivity index (χ4n) is 1.16. The average molecular weight is 267 g/mol. The summed E-state index contributed by atoms with van der Waals surface area (Å²) < 4.78 is 0. The van der Waals surface area contributed by atoms with Gasteiger partial charge < -0.3 is 10.8 Å². The number of aliphatic hydroxyl groups is 1. The normalized spacial score (nSPS) is 13.8. The van der Waals surface area contributed by atoms with Crippen LogP contribution < -0.4 is 5.73 Å². The molecule has 0 radical (unpaired) electrons. The molecule has 3 N–H and O–H groups in total. The summed E-state index contributed by atoms with van der Waals surface area (Å²) in [5, 5.41) is 19.9. The van der Waals surface area contributed by atoms with E-state index < -0.39 is 17.1 Å². The topological polar surface area (TPSA) is 89.4 Å². The van der Waals surface area contributed by atoms with Crippen LogP contribution in [0.4, 0.5) is 5.69 Å². The fraction of sp³-hybridized carbons (Fsp3) is 0.333. The zero-order valence-electron chi connectivity index (χ0n) is 8.46. The molecule has 0 heterocycles. The monoisotopic (exact) mass is 266 g/mol. The number of nitro groups is 1. The standard InChI is InChI=1S/C9H11ClN2O3.ClH/c1-5(13)9(11)6-2-3-7(10)8(4-6)12(14)15;/h2-5,9,13H,11H2,1H3;1H/t5-,9-;/m0./s1. The Hall–Kier alpha value is -0.880. The van der Waals surface area contributed by atoms with Gasteiger partial charge in [-0.3, -0.25) is 10.1 Å². The fourth-order valence-corrected chi connectivity index (χ4v) is 1.34. The Morgan fingerprint density at radius 2 is 2.12 bits per heavy atom. The Bertz CT molecular complexity index is 385. The van der Waals surface area contributed by atoms with E-state index in [2.05, 4.69) is 0 Å². The highest BCUT2D eigenvalue weighted by Gasteiger charge is 2.18. The van der Waals surface area contributed by atoms with E-state index in [-0.39, 0.29) is 23.1 Å². The third-order valence-electron chi connectivity index (χ3n) is 2.07. The van der Waals surface area contributed by atoms with Crippen LogP contribution in [0.1, 0.15) is 18.5 Å². The molecule has 0 amide bonds. The van der Waals surface area contributed by atoms with Crippen molar-refractivity contribution >= 4 is 29.7 Å². The number of halogens is 2. The molecule has 1 aromatic carbocycles. The third-order valence-corrected chi connectivity index (χ3v) is 2.39. The summed E-state index contributed by atoms with van der Waals surface area (Å²) in [4.78, 5) is 10.0. The molecule has 1 rings (SSSR count). The van der Waals surface area contributed by atoms with Crippen molar-refractivity contribution in [3.63, 3.8) is 0 Å². The van der Waals surface area contributed by atoms with E-state index >= 15 is 0 Å². The highest BCUT2D eigenvalue weighted by atomic mass is 35.5. The first kappa shape index (κ1) is 15.1.